The Balaban J connectivity index is 2.25. The van der Waals surface area contributed by atoms with Crippen LogP contribution in [0.5, 0.6) is 0 Å². The van der Waals surface area contributed by atoms with Crippen molar-refractivity contribution in [3.63, 3.8) is 0 Å². The molecule has 1 aromatic carbocycles. The van der Waals surface area contributed by atoms with Gasteiger partial charge in [0.15, 0.2) is 0 Å². The van der Waals surface area contributed by atoms with E-state index >= 15 is 0 Å². The fourth-order valence-corrected chi connectivity index (χ4v) is 3.20. The number of carboxylic acids is 1. The molecule has 1 aliphatic carbocycles. The van der Waals surface area contributed by atoms with Crippen LogP contribution in [0.15, 0.2) is 12.1 Å². The number of aryl methyl sites for hydroxylation is 3. The predicted molar refractivity (Wildman–Crippen MR) is 81.0 cm³/mol. The van der Waals surface area contributed by atoms with Crippen LogP contribution in [0.25, 0.3) is 0 Å². The molecule has 1 aliphatic rings. The zero-order valence-electron chi connectivity index (χ0n) is 12.9. The van der Waals surface area contributed by atoms with E-state index in [9.17, 15) is 4.79 Å². The zero-order chi connectivity index (χ0) is 14.9. The number of hydrogen-bond acceptors (Lipinski definition) is 2. The van der Waals surface area contributed by atoms with Gasteiger partial charge in [-0.1, -0.05) is 17.7 Å². The molecule has 0 radical (unpaired) electrons. The Morgan fingerprint density at radius 2 is 1.85 bits per heavy atom. The van der Waals surface area contributed by atoms with Gasteiger partial charge >= 0.3 is 5.97 Å². The first-order valence-electron chi connectivity index (χ1n) is 7.42. The SMILES string of the molecule is Cc1cc(C)c(C(C)N(CC(=O)O)CC2CC2)c(C)c1. The summed E-state index contributed by atoms with van der Waals surface area (Å²) in [5.41, 5.74) is 5.09. The minimum absolute atomic E-state index is 0.129. The van der Waals surface area contributed by atoms with Gasteiger partial charge < -0.3 is 5.11 Å². The molecule has 0 saturated heterocycles. The lowest BCUT2D eigenvalue weighted by Crippen LogP contribution is -2.34. The molecular weight excluding hydrogens is 250 g/mol. The standard InChI is InChI=1S/C17H25NO2/c1-11-7-12(2)17(13(3)8-11)14(4)18(10-16(19)20)9-15-5-6-15/h7-8,14-15H,5-6,9-10H2,1-4H3,(H,19,20). The van der Waals surface area contributed by atoms with Crippen LogP contribution in [0.2, 0.25) is 0 Å². The summed E-state index contributed by atoms with van der Waals surface area (Å²) >= 11 is 0. The Bertz CT molecular complexity index is 483. The number of aliphatic carboxylic acids is 1. The van der Waals surface area contributed by atoms with Crippen molar-refractivity contribution in [1.82, 2.24) is 4.90 Å². The van der Waals surface area contributed by atoms with E-state index in [4.69, 9.17) is 5.11 Å². The smallest absolute Gasteiger partial charge is 0.317 e. The van der Waals surface area contributed by atoms with Crippen LogP contribution < -0.4 is 0 Å². The summed E-state index contributed by atoms with van der Waals surface area (Å²) in [6.07, 6.45) is 2.49. The fourth-order valence-electron chi connectivity index (χ4n) is 3.20. The van der Waals surface area contributed by atoms with Crippen molar-refractivity contribution in [3.05, 3.63) is 34.4 Å². The lowest BCUT2D eigenvalue weighted by molar-refractivity contribution is -0.139. The Morgan fingerprint density at radius 1 is 1.30 bits per heavy atom. The molecule has 0 bridgehead atoms. The van der Waals surface area contributed by atoms with Crippen LogP contribution >= 0.6 is 0 Å². The molecule has 1 aromatic rings. The van der Waals surface area contributed by atoms with E-state index < -0.39 is 5.97 Å². The molecule has 0 spiro atoms. The van der Waals surface area contributed by atoms with Gasteiger partial charge in [0.2, 0.25) is 0 Å². The second kappa shape index (κ2) is 5.96. The van der Waals surface area contributed by atoms with Gasteiger partial charge in [-0.15, -0.1) is 0 Å². The van der Waals surface area contributed by atoms with Crippen LogP contribution in [0.1, 0.15) is 48.1 Å². The first kappa shape index (κ1) is 15.0. The topological polar surface area (TPSA) is 40.5 Å². The van der Waals surface area contributed by atoms with Gasteiger partial charge in [0.1, 0.15) is 0 Å². The Morgan fingerprint density at radius 3 is 2.30 bits per heavy atom. The maximum atomic E-state index is 11.1. The van der Waals surface area contributed by atoms with Crippen LogP contribution in [-0.2, 0) is 4.79 Å². The molecule has 110 valence electrons. The van der Waals surface area contributed by atoms with E-state index in [1.807, 2.05) is 0 Å². The minimum atomic E-state index is -0.736. The summed E-state index contributed by atoms with van der Waals surface area (Å²) in [5.74, 6) is -0.0391. The first-order chi connectivity index (χ1) is 9.38. The second-order valence-electron chi connectivity index (χ2n) is 6.25. The Kier molecular flexibility index (Phi) is 4.48. The third-order valence-electron chi connectivity index (χ3n) is 4.23. The largest absolute Gasteiger partial charge is 0.480 e. The highest BCUT2D eigenvalue weighted by Gasteiger charge is 2.29. The monoisotopic (exact) mass is 275 g/mol. The number of hydrogen-bond donors (Lipinski definition) is 1. The molecule has 0 heterocycles. The third-order valence-corrected chi connectivity index (χ3v) is 4.23. The van der Waals surface area contributed by atoms with Crippen molar-refractivity contribution in [2.75, 3.05) is 13.1 Å². The highest BCUT2D eigenvalue weighted by Crippen LogP contribution is 2.34. The van der Waals surface area contributed by atoms with Gasteiger partial charge in [-0.3, -0.25) is 9.69 Å². The summed E-state index contributed by atoms with van der Waals surface area (Å²) in [4.78, 5) is 13.2. The average molecular weight is 275 g/mol. The Hall–Kier alpha value is -1.35. The molecular formula is C17H25NO2. The molecule has 0 aromatic heterocycles. The minimum Gasteiger partial charge on any atom is -0.480 e. The quantitative estimate of drug-likeness (QED) is 0.864. The van der Waals surface area contributed by atoms with Crippen molar-refractivity contribution >= 4 is 5.97 Å². The van der Waals surface area contributed by atoms with E-state index in [0.29, 0.717) is 5.92 Å². The summed E-state index contributed by atoms with van der Waals surface area (Å²) < 4.78 is 0. The summed E-state index contributed by atoms with van der Waals surface area (Å²) in [6, 6.07) is 4.54. The van der Waals surface area contributed by atoms with Gasteiger partial charge in [-0.05, 0) is 63.1 Å². The maximum Gasteiger partial charge on any atom is 0.317 e. The summed E-state index contributed by atoms with van der Waals surface area (Å²) in [6.45, 7) is 9.53. The van der Waals surface area contributed by atoms with Crippen LogP contribution in [0, 0.1) is 26.7 Å². The molecule has 1 N–H and O–H groups in total. The van der Waals surface area contributed by atoms with E-state index in [0.717, 1.165) is 6.54 Å². The highest BCUT2D eigenvalue weighted by atomic mass is 16.4. The normalized spacial score (nSPS) is 16.4. The third kappa shape index (κ3) is 3.60. The highest BCUT2D eigenvalue weighted by molar-refractivity contribution is 5.69. The van der Waals surface area contributed by atoms with Gasteiger partial charge in [0.05, 0.1) is 6.54 Å². The van der Waals surface area contributed by atoms with Gasteiger partial charge in [0, 0.05) is 12.6 Å². The van der Waals surface area contributed by atoms with Crippen LogP contribution in [0.4, 0.5) is 0 Å². The average Bonchev–Trinajstić information content (AvgIpc) is 3.09. The molecule has 1 fully saturated rings. The van der Waals surface area contributed by atoms with Crippen molar-refractivity contribution in [3.8, 4) is 0 Å². The van der Waals surface area contributed by atoms with E-state index in [1.54, 1.807) is 0 Å². The van der Waals surface area contributed by atoms with Crippen molar-refractivity contribution < 1.29 is 9.90 Å². The number of rotatable bonds is 6. The molecule has 1 saturated carbocycles. The number of carboxylic acid groups (broad SMARTS) is 1. The molecule has 3 nitrogen and oxygen atoms in total. The van der Waals surface area contributed by atoms with E-state index in [-0.39, 0.29) is 12.6 Å². The van der Waals surface area contributed by atoms with Gasteiger partial charge in [-0.25, -0.2) is 0 Å². The maximum absolute atomic E-state index is 11.1. The van der Waals surface area contributed by atoms with Crippen molar-refractivity contribution in [2.24, 2.45) is 5.92 Å². The number of carbonyl (C=O) groups is 1. The van der Waals surface area contributed by atoms with E-state index in [1.165, 1.54) is 35.1 Å². The molecule has 1 atom stereocenters. The van der Waals surface area contributed by atoms with E-state index in [2.05, 4.69) is 44.7 Å². The van der Waals surface area contributed by atoms with Crippen LogP contribution in [-0.4, -0.2) is 29.1 Å². The lowest BCUT2D eigenvalue weighted by Gasteiger charge is -2.30. The van der Waals surface area contributed by atoms with Crippen LogP contribution in [0.3, 0.4) is 0 Å². The summed E-state index contributed by atoms with van der Waals surface area (Å²) in [5, 5.41) is 9.15. The lowest BCUT2D eigenvalue weighted by atomic mass is 9.94. The molecule has 2 rings (SSSR count). The molecule has 20 heavy (non-hydrogen) atoms. The summed E-state index contributed by atoms with van der Waals surface area (Å²) in [7, 11) is 0. The predicted octanol–water partition coefficient (Wildman–Crippen LogP) is 3.47. The van der Waals surface area contributed by atoms with Gasteiger partial charge in [0.25, 0.3) is 0 Å². The fraction of sp³-hybridized carbons (Fsp3) is 0.588. The zero-order valence-corrected chi connectivity index (χ0v) is 12.9. The molecule has 3 heteroatoms. The molecule has 1 unspecified atom stereocenters. The number of nitrogens with zero attached hydrogens (tertiary/aromatic N) is 1. The van der Waals surface area contributed by atoms with Gasteiger partial charge in [-0.2, -0.15) is 0 Å². The Labute approximate surface area is 121 Å². The molecule has 0 amide bonds. The van der Waals surface area contributed by atoms with Crippen molar-refractivity contribution in [2.45, 2.75) is 46.6 Å². The first-order valence-corrected chi connectivity index (χ1v) is 7.42. The second-order valence-corrected chi connectivity index (χ2v) is 6.25. The molecule has 0 aliphatic heterocycles. The van der Waals surface area contributed by atoms with Crippen molar-refractivity contribution in [1.29, 1.82) is 0 Å². The number of benzene rings is 1.